The quantitative estimate of drug-likeness (QED) is 0.900. The third-order valence-corrected chi connectivity index (χ3v) is 5.38. The maximum atomic E-state index is 12.0. The number of hydrogen-bond donors (Lipinski definition) is 1. The highest BCUT2D eigenvalue weighted by Gasteiger charge is 2.26. The van der Waals surface area contributed by atoms with Gasteiger partial charge in [-0.1, -0.05) is 0 Å². The van der Waals surface area contributed by atoms with E-state index in [0.717, 1.165) is 17.1 Å². The standard InChI is InChI=1S/C12H15BrN2O3S/c1-15(2)19(17,18)9-5-6-11(13)10(7-9)12(16)14-8-3-4-8/h5-8H,3-4H2,1-2H3,(H,14,16). The molecule has 19 heavy (non-hydrogen) atoms. The van der Waals surface area contributed by atoms with Crippen LogP contribution in [0, 0.1) is 0 Å². The zero-order valence-corrected chi connectivity index (χ0v) is 13.1. The van der Waals surface area contributed by atoms with Crippen LogP contribution in [0.2, 0.25) is 0 Å². The number of benzene rings is 1. The summed E-state index contributed by atoms with van der Waals surface area (Å²) in [5, 5.41) is 2.84. The number of halogens is 1. The lowest BCUT2D eigenvalue weighted by Crippen LogP contribution is -2.27. The smallest absolute Gasteiger partial charge is 0.252 e. The van der Waals surface area contributed by atoms with Crippen LogP contribution in [0.5, 0.6) is 0 Å². The molecule has 0 bridgehead atoms. The number of rotatable bonds is 4. The Hall–Kier alpha value is -0.920. The first-order valence-electron chi connectivity index (χ1n) is 5.85. The Morgan fingerprint density at radius 1 is 1.37 bits per heavy atom. The van der Waals surface area contributed by atoms with E-state index in [2.05, 4.69) is 21.2 Å². The van der Waals surface area contributed by atoms with Crippen molar-refractivity contribution in [3.8, 4) is 0 Å². The average molecular weight is 347 g/mol. The van der Waals surface area contributed by atoms with Crippen molar-refractivity contribution in [3.05, 3.63) is 28.2 Å². The van der Waals surface area contributed by atoms with Gasteiger partial charge in [-0.15, -0.1) is 0 Å². The van der Waals surface area contributed by atoms with Crippen LogP contribution in [0.3, 0.4) is 0 Å². The van der Waals surface area contributed by atoms with Gasteiger partial charge in [-0.05, 0) is 47.0 Å². The summed E-state index contributed by atoms with van der Waals surface area (Å²) in [5.74, 6) is -0.245. The molecule has 0 heterocycles. The Morgan fingerprint density at radius 3 is 2.53 bits per heavy atom. The molecule has 0 unspecified atom stereocenters. The lowest BCUT2D eigenvalue weighted by molar-refractivity contribution is 0.0950. The average Bonchev–Trinajstić information content (AvgIpc) is 3.12. The van der Waals surface area contributed by atoms with E-state index in [-0.39, 0.29) is 16.8 Å². The van der Waals surface area contributed by atoms with Crippen LogP contribution < -0.4 is 5.32 Å². The number of amides is 1. The van der Waals surface area contributed by atoms with Gasteiger partial charge in [-0.2, -0.15) is 0 Å². The molecule has 104 valence electrons. The molecule has 5 nitrogen and oxygen atoms in total. The van der Waals surface area contributed by atoms with E-state index in [1.807, 2.05) is 0 Å². The molecule has 1 aromatic carbocycles. The van der Waals surface area contributed by atoms with Gasteiger partial charge in [0.2, 0.25) is 10.0 Å². The predicted molar refractivity (Wildman–Crippen MR) is 75.5 cm³/mol. The monoisotopic (exact) mass is 346 g/mol. The normalized spacial score (nSPS) is 15.6. The fraction of sp³-hybridized carbons (Fsp3) is 0.417. The van der Waals surface area contributed by atoms with Crippen molar-refractivity contribution < 1.29 is 13.2 Å². The van der Waals surface area contributed by atoms with Crippen molar-refractivity contribution >= 4 is 31.9 Å². The summed E-state index contributed by atoms with van der Waals surface area (Å²) in [7, 11) is -0.611. The van der Waals surface area contributed by atoms with Crippen LogP contribution >= 0.6 is 15.9 Å². The van der Waals surface area contributed by atoms with Gasteiger partial charge in [0.25, 0.3) is 5.91 Å². The molecule has 1 aliphatic carbocycles. The van der Waals surface area contributed by atoms with Crippen LogP contribution in [-0.2, 0) is 10.0 Å². The van der Waals surface area contributed by atoms with Crippen LogP contribution in [0.4, 0.5) is 0 Å². The first kappa shape index (κ1) is 14.5. The van der Waals surface area contributed by atoms with Crippen molar-refractivity contribution in [2.24, 2.45) is 0 Å². The number of carbonyl (C=O) groups excluding carboxylic acids is 1. The molecule has 0 saturated heterocycles. The summed E-state index contributed by atoms with van der Waals surface area (Å²) in [6.07, 6.45) is 1.97. The third-order valence-electron chi connectivity index (χ3n) is 2.87. The first-order chi connectivity index (χ1) is 8.82. The summed E-state index contributed by atoms with van der Waals surface area (Å²) in [6, 6.07) is 4.69. The molecular formula is C12H15BrN2O3S. The lowest BCUT2D eigenvalue weighted by Gasteiger charge is -2.13. The molecule has 0 aromatic heterocycles. The molecule has 1 fully saturated rings. The molecule has 1 saturated carbocycles. The van der Waals surface area contributed by atoms with E-state index in [0.29, 0.717) is 10.0 Å². The molecule has 1 amide bonds. The maximum absolute atomic E-state index is 12.0. The van der Waals surface area contributed by atoms with Gasteiger partial charge in [-0.3, -0.25) is 4.79 Å². The largest absolute Gasteiger partial charge is 0.349 e. The lowest BCUT2D eigenvalue weighted by atomic mass is 10.2. The summed E-state index contributed by atoms with van der Waals surface area (Å²) in [6.45, 7) is 0. The predicted octanol–water partition coefficient (Wildman–Crippen LogP) is 1.59. The van der Waals surface area contributed by atoms with E-state index in [1.165, 1.54) is 26.2 Å². The second kappa shape index (κ2) is 5.22. The Morgan fingerprint density at radius 2 is 2.00 bits per heavy atom. The summed E-state index contributed by atoms with van der Waals surface area (Å²) in [4.78, 5) is 12.1. The fourth-order valence-electron chi connectivity index (χ4n) is 1.54. The van der Waals surface area contributed by atoms with Gasteiger partial charge < -0.3 is 5.32 Å². The topological polar surface area (TPSA) is 66.5 Å². The minimum atomic E-state index is -3.53. The SMILES string of the molecule is CN(C)S(=O)(=O)c1ccc(Br)c(C(=O)NC2CC2)c1. The number of sulfonamides is 1. The van der Waals surface area contributed by atoms with Crippen LogP contribution in [0.15, 0.2) is 27.6 Å². The Bertz CT molecular complexity index is 609. The Balaban J connectivity index is 2.36. The molecule has 0 atom stereocenters. The molecule has 0 radical (unpaired) electrons. The van der Waals surface area contributed by atoms with Crippen LogP contribution in [0.25, 0.3) is 0 Å². The number of nitrogens with zero attached hydrogens (tertiary/aromatic N) is 1. The highest BCUT2D eigenvalue weighted by molar-refractivity contribution is 9.10. The summed E-state index contributed by atoms with van der Waals surface area (Å²) in [5.41, 5.74) is 0.342. The molecular weight excluding hydrogens is 332 g/mol. The van der Waals surface area contributed by atoms with Gasteiger partial charge in [0.15, 0.2) is 0 Å². The van der Waals surface area contributed by atoms with Crippen LogP contribution in [0.1, 0.15) is 23.2 Å². The molecule has 0 aliphatic heterocycles. The zero-order valence-electron chi connectivity index (χ0n) is 10.7. The zero-order chi connectivity index (χ0) is 14.2. The van der Waals surface area contributed by atoms with Crippen molar-refractivity contribution in [2.45, 2.75) is 23.8 Å². The second-order valence-corrected chi connectivity index (χ2v) is 7.68. The van der Waals surface area contributed by atoms with Gasteiger partial charge in [-0.25, -0.2) is 12.7 Å². The Kier molecular flexibility index (Phi) is 3.98. The van der Waals surface area contributed by atoms with Gasteiger partial charge in [0.05, 0.1) is 10.5 Å². The van der Waals surface area contributed by atoms with Crippen molar-refractivity contribution in [2.75, 3.05) is 14.1 Å². The summed E-state index contributed by atoms with van der Waals surface area (Å²) < 4.78 is 25.8. The van der Waals surface area contributed by atoms with Gasteiger partial charge >= 0.3 is 0 Å². The van der Waals surface area contributed by atoms with E-state index in [9.17, 15) is 13.2 Å². The van der Waals surface area contributed by atoms with E-state index in [1.54, 1.807) is 6.07 Å². The first-order valence-corrected chi connectivity index (χ1v) is 8.08. The Labute approximate surface area is 121 Å². The number of hydrogen-bond acceptors (Lipinski definition) is 3. The molecule has 2 rings (SSSR count). The second-order valence-electron chi connectivity index (χ2n) is 4.68. The van der Waals surface area contributed by atoms with Gasteiger partial charge in [0.1, 0.15) is 0 Å². The van der Waals surface area contributed by atoms with Crippen molar-refractivity contribution in [1.82, 2.24) is 9.62 Å². The van der Waals surface area contributed by atoms with Crippen molar-refractivity contribution in [1.29, 1.82) is 0 Å². The summed E-state index contributed by atoms with van der Waals surface area (Å²) >= 11 is 3.28. The van der Waals surface area contributed by atoms with Crippen LogP contribution in [-0.4, -0.2) is 38.8 Å². The minimum absolute atomic E-state index is 0.113. The van der Waals surface area contributed by atoms with Gasteiger partial charge in [0, 0.05) is 24.6 Å². The third kappa shape index (κ3) is 3.16. The molecule has 7 heteroatoms. The molecule has 1 N–H and O–H groups in total. The number of carbonyl (C=O) groups is 1. The van der Waals surface area contributed by atoms with Crippen molar-refractivity contribution in [3.63, 3.8) is 0 Å². The number of nitrogens with one attached hydrogen (secondary N) is 1. The van der Waals surface area contributed by atoms with E-state index < -0.39 is 10.0 Å². The molecule has 1 aliphatic rings. The molecule has 1 aromatic rings. The maximum Gasteiger partial charge on any atom is 0.252 e. The fourth-order valence-corrected chi connectivity index (χ4v) is 2.90. The molecule has 0 spiro atoms. The highest BCUT2D eigenvalue weighted by atomic mass is 79.9. The van der Waals surface area contributed by atoms with E-state index >= 15 is 0 Å². The highest BCUT2D eigenvalue weighted by Crippen LogP contribution is 2.24. The van der Waals surface area contributed by atoms with E-state index in [4.69, 9.17) is 0 Å². The minimum Gasteiger partial charge on any atom is -0.349 e.